The molecule has 112 valence electrons. The summed E-state index contributed by atoms with van der Waals surface area (Å²) in [6.45, 7) is 4.55. The van der Waals surface area contributed by atoms with E-state index in [2.05, 4.69) is 15.0 Å². The largest absolute Gasteiger partial charge is 0.489 e. The van der Waals surface area contributed by atoms with Crippen molar-refractivity contribution in [3.8, 4) is 5.75 Å². The summed E-state index contributed by atoms with van der Waals surface area (Å²) in [5.74, 6) is 0.442. The van der Waals surface area contributed by atoms with Crippen LogP contribution in [0.15, 0.2) is 36.4 Å². The number of esters is 1. The minimum absolute atomic E-state index is 0.115. The smallest absolute Gasteiger partial charge is 0.354 e. The average molecular weight is 288 g/mol. The molecule has 2 N–H and O–H groups in total. The predicted octanol–water partition coefficient (Wildman–Crippen LogP) is 3.20. The minimum Gasteiger partial charge on any atom is -0.489 e. The van der Waals surface area contributed by atoms with E-state index in [1.54, 1.807) is 6.07 Å². The summed E-state index contributed by atoms with van der Waals surface area (Å²) in [4.78, 5) is 14.4. The Balaban J connectivity index is 2.03. The number of H-pyrrole nitrogens is 1. The summed E-state index contributed by atoms with van der Waals surface area (Å²) in [6.07, 6.45) is 0.115. The van der Waals surface area contributed by atoms with E-state index in [0.717, 1.165) is 17.1 Å². The molecule has 0 aliphatic heterocycles. The Morgan fingerprint density at radius 3 is 2.71 bits per heavy atom. The Hall–Kier alpha value is -2.43. The number of methoxy groups -OCH3 is 1. The van der Waals surface area contributed by atoms with Crippen molar-refractivity contribution >= 4 is 11.7 Å². The van der Waals surface area contributed by atoms with Gasteiger partial charge in [0.15, 0.2) is 0 Å². The van der Waals surface area contributed by atoms with Crippen LogP contribution in [0.25, 0.3) is 0 Å². The molecule has 0 unspecified atom stereocenters. The molecule has 0 bridgehead atoms. The maximum absolute atomic E-state index is 11.4. The summed E-state index contributed by atoms with van der Waals surface area (Å²) in [6, 6.07) is 11.3. The van der Waals surface area contributed by atoms with E-state index < -0.39 is 0 Å². The Bertz CT molecular complexity index is 605. The molecule has 5 heteroatoms. The molecule has 2 rings (SSSR count). The van der Waals surface area contributed by atoms with Crippen molar-refractivity contribution in [1.29, 1.82) is 0 Å². The third-order valence-electron chi connectivity index (χ3n) is 2.87. The van der Waals surface area contributed by atoms with Gasteiger partial charge in [-0.25, -0.2) is 4.79 Å². The van der Waals surface area contributed by atoms with Gasteiger partial charge in [-0.15, -0.1) is 0 Å². The first-order chi connectivity index (χ1) is 10.1. The topological polar surface area (TPSA) is 63.4 Å². The highest BCUT2D eigenvalue weighted by Gasteiger charge is 2.09. The Morgan fingerprint density at radius 1 is 1.24 bits per heavy atom. The van der Waals surface area contributed by atoms with Gasteiger partial charge in [0.05, 0.1) is 25.4 Å². The first kappa shape index (κ1) is 15.0. The fourth-order valence-corrected chi connectivity index (χ4v) is 1.93. The number of rotatable bonds is 6. The van der Waals surface area contributed by atoms with Gasteiger partial charge < -0.3 is 19.8 Å². The minimum atomic E-state index is -0.371. The van der Waals surface area contributed by atoms with E-state index in [0.29, 0.717) is 12.2 Å². The highest BCUT2D eigenvalue weighted by Crippen LogP contribution is 2.25. The second-order valence-electron chi connectivity index (χ2n) is 4.91. The third kappa shape index (κ3) is 4.02. The first-order valence-corrected chi connectivity index (χ1v) is 6.86. The van der Waals surface area contributed by atoms with Crippen LogP contribution in [0.5, 0.6) is 5.75 Å². The number of para-hydroxylation sites is 2. The Morgan fingerprint density at radius 2 is 2.00 bits per heavy atom. The van der Waals surface area contributed by atoms with Crippen LogP contribution in [0.2, 0.25) is 0 Å². The van der Waals surface area contributed by atoms with Crippen molar-refractivity contribution in [2.75, 3.05) is 12.4 Å². The molecule has 1 aromatic heterocycles. The monoisotopic (exact) mass is 288 g/mol. The second-order valence-corrected chi connectivity index (χ2v) is 4.91. The van der Waals surface area contributed by atoms with Gasteiger partial charge in [0.2, 0.25) is 0 Å². The van der Waals surface area contributed by atoms with Crippen molar-refractivity contribution < 1.29 is 14.3 Å². The van der Waals surface area contributed by atoms with Crippen LogP contribution in [0, 0.1) is 0 Å². The standard InChI is InChI=1S/C16H20N2O3/c1-11(2)21-15-7-5-4-6-13(15)17-10-12-8-9-14(18-12)16(19)20-3/h4-9,11,17-18H,10H2,1-3H3. The van der Waals surface area contributed by atoms with Crippen molar-refractivity contribution in [3.05, 3.63) is 47.8 Å². The van der Waals surface area contributed by atoms with Gasteiger partial charge in [-0.2, -0.15) is 0 Å². The molecule has 0 saturated carbocycles. The zero-order valence-corrected chi connectivity index (χ0v) is 12.5. The van der Waals surface area contributed by atoms with E-state index in [9.17, 15) is 4.79 Å². The van der Waals surface area contributed by atoms with Crippen LogP contribution >= 0.6 is 0 Å². The SMILES string of the molecule is COC(=O)c1ccc(CNc2ccccc2OC(C)C)[nH]1. The highest BCUT2D eigenvalue weighted by molar-refractivity contribution is 5.87. The fraction of sp³-hybridized carbons (Fsp3) is 0.312. The van der Waals surface area contributed by atoms with Crippen LogP contribution in [-0.4, -0.2) is 24.2 Å². The first-order valence-electron chi connectivity index (χ1n) is 6.86. The molecule has 21 heavy (non-hydrogen) atoms. The molecule has 1 aromatic carbocycles. The number of hydrogen-bond acceptors (Lipinski definition) is 4. The molecule has 1 heterocycles. The van der Waals surface area contributed by atoms with E-state index in [4.69, 9.17) is 4.74 Å². The molecule has 0 amide bonds. The molecular weight excluding hydrogens is 268 g/mol. The number of hydrogen-bond donors (Lipinski definition) is 2. The third-order valence-corrected chi connectivity index (χ3v) is 2.87. The summed E-state index contributed by atoms with van der Waals surface area (Å²) in [7, 11) is 1.36. The molecule has 0 spiro atoms. The lowest BCUT2D eigenvalue weighted by Crippen LogP contribution is -2.09. The van der Waals surface area contributed by atoms with Crippen LogP contribution in [-0.2, 0) is 11.3 Å². The number of aromatic amines is 1. The van der Waals surface area contributed by atoms with Crippen molar-refractivity contribution in [2.45, 2.75) is 26.5 Å². The number of ether oxygens (including phenoxy) is 2. The maximum atomic E-state index is 11.4. The molecule has 0 aliphatic rings. The lowest BCUT2D eigenvalue weighted by Gasteiger charge is -2.15. The van der Waals surface area contributed by atoms with Crippen LogP contribution < -0.4 is 10.1 Å². The van der Waals surface area contributed by atoms with Gasteiger partial charge >= 0.3 is 5.97 Å². The number of nitrogens with one attached hydrogen (secondary N) is 2. The predicted molar refractivity (Wildman–Crippen MR) is 81.7 cm³/mol. The number of anilines is 1. The van der Waals surface area contributed by atoms with E-state index in [1.807, 2.05) is 44.2 Å². The van der Waals surface area contributed by atoms with Gasteiger partial charge in [0.1, 0.15) is 11.4 Å². The fourth-order valence-electron chi connectivity index (χ4n) is 1.93. The zero-order chi connectivity index (χ0) is 15.2. The van der Waals surface area contributed by atoms with E-state index >= 15 is 0 Å². The molecule has 5 nitrogen and oxygen atoms in total. The number of benzene rings is 1. The van der Waals surface area contributed by atoms with Gasteiger partial charge in [-0.1, -0.05) is 12.1 Å². The number of aromatic nitrogens is 1. The molecule has 0 aliphatic carbocycles. The van der Waals surface area contributed by atoms with Crippen LogP contribution in [0.4, 0.5) is 5.69 Å². The molecular formula is C16H20N2O3. The average Bonchev–Trinajstić information content (AvgIpc) is 2.94. The number of carbonyl (C=O) groups is 1. The molecule has 0 fully saturated rings. The van der Waals surface area contributed by atoms with Gasteiger partial charge in [-0.05, 0) is 38.1 Å². The molecule has 0 radical (unpaired) electrons. The Labute approximate surface area is 124 Å². The van der Waals surface area contributed by atoms with Crippen LogP contribution in [0.3, 0.4) is 0 Å². The number of carbonyl (C=O) groups excluding carboxylic acids is 1. The lowest BCUT2D eigenvalue weighted by atomic mass is 10.2. The van der Waals surface area contributed by atoms with E-state index in [-0.39, 0.29) is 12.1 Å². The second kappa shape index (κ2) is 6.83. The lowest BCUT2D eigenvalue weighted by molar-refractivity contribution is 0.0594. The van der Waals surface area contributed by atoms with Crippen molar-refractivity contribution in [3.63, 3.8) is 0 Å². The van der Waals surface area contributed by atoms with Gasteiger partial charge in [-0.3, -0.25) is 0 Å². The summed E-state index contributed by atoms with van der Waals surface area (Å²) in [5.41, 5.74) is 2.26. The van der Waals surface area contributed by atoms with Crippen LogP contribution in [0.1, 0.15) is 30.0 Å². The van der Waals surface area contributed by atoms with Crippen molar-refractivity contribution in [2.24, 2.45) is 0 Å². The van der Waals surface area contributed by atoms with Gasteiger partial charge in [0, 0.05) is 5.69 Å². The zero-order valence-electron chi connectivity index (χ0n) is 12.5. The maximum Gasteiger partial charge on any atom is 0.354 e. The van der Waals surface area contributed by atoms with Gasteiger partial charge in [0.25, 0.3) is 0 Å². The normalized spacial score (nSPS) is 10.5. The summed E-state index contributed by atoms with van der Waals surface area (Å²) < 4.78 is 10.4. The molecule has 0 atom stereocenters. The molecule has 2 aromatic rings. The van der Waals surface area contributed by atoms with E-state index in [1.165, 1.54) is 7.11 Å². The quantitative estimate of drug-likeness (QED) is 0.801. The Kier molecular flexibility index (Phi) is 4.87. The molecule has 0 saturated heterocycles. The highest BCUT2D eigenvalue weighted by atomic mass is 16.5. The summed E-state index contributed by atoms with van der Waals surface area (Å²) in [5, 5.41) is 3.30. The van der Waals surface area contributed by atoms with Crippen molar-refractivity contribution in [1.82, 2.24) is 4.98 Å². The summed E-state index contributed by atoms with van der Waals surface area (Å²) >= 11 is 0.